The number of piperidine rings is 1. The lowest BCUT2D eigenvalue weighted by Gasteiger charge is -2.43. The van der Waals surface area contributed by atoms with Gasteiger partial charge in [0, 0.05) is 38.6 Å². The Morgan fingerprint density at radius 1 is 0.791 bits per heavy atom. The molecule has 0 bridgehead atoms. The minimum absolute atomic E-state index is 0.152. The summed E-state index contributed by atoms with van der Waals surface area (Å²) in [5, 5.41) is 3.67. The summed E-state index contributed by atoms with van der Waals surface area (Å²) >= 11 is 0. The van der Waals surface area contributed by atoms with Gasteiger partial charge in [-0.05, 0) is 97.3 Å². The Morgan fingerprint density at radius 2 is 1.43 bits per heavy atom. The molecule has 10 heteroatoms. The van der Waals surface area contributed by atoms with Crippen molar-refractivity contribution < 1.29 is 32.1 Å². The van der Waals surface area contributed by atoms with Crippen LogP contribution >= 0.6 is 0 Å². The summed E-state index contributed by atoms with van der Waals surface area (Å²) in [4.78, 5) is 2.51. The van der Waals surface area contributed by atoms with Crippen molar-refractivity contribution in [3.05, 3.63) is 191 Å². The SMILES string of the molecule is CCCCN1CCOc2ccc(C(O[C@H]3CNC[C@@H](COC(c4ccccc4)(c4ccccc4)c4ccccc4)[C@@H]3c3ccc(OCCC[C@@H](C)OC)cc3)S(=O)(=O)c3ccc(C)cc3)cc21. The molecule has 0 amide bonds. The Morgan fingerprint density at radius 3 is 2.04 bits per heavy atom. The Bertz CT molecular complexity index is 2460. The number of nitrogens with one attached hydrogen (secondary N) is 1. The minimum Gasteiger partial charge on any atom is -0.494 e. The molecule has 1 N–H and O–H groups in total. The van der Waals surface area contributed by atoms with E-state index in [4.69, 9.17) is 23.7 Å². The van der Waals surface area contributed by atoms with Gasteiger partial charge >= 0.3 is 0 Å². The maximum absolute atomic E-state index is 15.2. The van der Waals surface area contributed by atoms with Crippen LogP contribution in [0.1, 0.15) is 84.3 Å². The molecule has 352 valence electrons. The zero-order valence-electron chi connectivity index (χ0n) is 39.4. The molecule has 0 spiro atoms. The summed E-state index contributed by atoms with van der Waals surface area (Å²) in [7, 11) is -2.36. The second-order valence-corrected chi connectivity index (χ2v) is 19.9. The predicted molar refractivity (Wildman–Crippen MR) is 267 cm³/mol. The lowest BCUT2D eigenvalue weighted by molar-refractivity contribution is -0.0560. The van der Waals surface area contributed by atoms with Crippen LogP contribution in [0.3, 0.4) is 0 Å². The molecule has 2 aliphatic rings. The Balaban J connectivity index is 1.20. The van der Waals surface area contributed by atoms with E-state index in [9.17, 15) is 0 Å². The number of rotatable bonds is 21. The van der Waals surface area contributed by atoms with Gasteiger partial charge in [0.1, 0.15) is 23.7 Å². The molecule has 8 rings (SSSR count). The Hall–Kier alpha value is -5.49. The van der Waals surface area contributed by atoms with Gasteiger partial charge in [0.2, 0.25) is 9.84 Å². The first kappa shape index (κ1) is 48.0. The van der Waals surface area contributed by atoms with Crippen LogP contribution in [0.2, 0.25) is 0 Å². The molecular formula is C57H66N2O7S. The molecular weight excluding hydrogens is 857 g/mol. The number of aryl methyl sites for hydroxylation is 1. The quantitative estimate of drug-likeness (QED) is 0.0559. The van der Waals surface area contributed by atoms with Crippen LogP contribution in [0, 0.1) is 12.8 Å². The van der Waals surface area contributed by atoms with Crippen LogP contribution < -0.4 is 19.7 Å². The standard InChI is InChI=1S/C57H66N2O7S/c1-5-6-34-59-35-37-64-53-33-28-45(38-52(53)59)56(67(60,61)51-31-24-42(2)25-32-51)66-54-40-58-39-46(55(54)44-26-29-50(30-27-44)63-36-16-17-43(3)62-4)41-65-57(47-18-10-7-11-19-47,48-20-12-8-13-21-48)49-22-14-9-15-23-49/h7-15,18-33,38,43,46,54-56,58H,5-6,16-17,34-37,39-41H2,1-4H3/t43-,46+,54+,55+,56?/m1/s1. The molecule has 1 fully saturated rings. The number of methoxy groups -OCH3 is 1. The number of fused-ring (bicyclic) bond motifs is 1. The van der Waals surface area contributed by atoms with Crippen molar-refractivity contribution in [1.29, 1.82) is 0 Å². The lowest BCUT2D eigenvalue weighted by atomic mass is 9.78. The zero-order chi connectivity index (χ0) is 46.6. The van der Waals surface area contributed by atoms with E-state index in [0.29, 0.717) is 38.5 Å². The third-order valence-corrected chi connectivity index (χ3v) is 15.2. The highest BCUT2D eigenvalue weighted by atomic mass is 32.2. The second kappa shape index (κ2) is 22.5. The molecule has 2 heterocycles. The number of nitrogens with zero attached hydrogens (tertiary/aromatic N) is 1. The smallest absolute Gasteiger partial charge is 0.209 e. The molecule has 6 aromatic rings. The Kier molecular flexibility index (Phi) is 16.1. The van der Waals surface area contributed by atoms with Crippen molar-refractivity contribution in [2.24, 2.45) is 5.92 Å². The van der Waals surface area contributed by atoms with Crippen molar-refractivity contribution in [2.75, 3.05) is 58.0 Å². The molecule has 0 radical (unpaired) electrons. The molecule has 5 atom stereocenters. The number of anilines is 1. The number of hydrogen-bond donors (Lipinski definition) is 1. The van der Waals surface area contributed by atoms with Gasteiger partial charge in [0.25, 0.3) is 0 Å². The summed E-state index contributed by atoms with van der Waals surface area (Å²) in [6, 6.07) is 52.2. The number of unbranched alkanes of at least 4 members (excludes halogenated alkanes) is 1. The summed E-state index contributed by atoms with van der Waals surface area (Å²) in [6.45, 7) is 10.3. The van der Waals surface area contributed by atoms with Crippen molar-refractivity contribution in [1.82, 2.24) is 5.32 Å². The minimum atomic E-state index is -4.10. The highest BCUT2D eigenvalue weighted by molar-refractivity contribution is 7.91. The van der Waals surface area contributed by atoms with E-state index in [-0.39, 0.29) is 22.8 Å². The van der Waals surface area contributed by atoms with Crippen molar-refractivity contribution in [2.45, 2.75) is 80.5 Å². The van der Waals surface area contributed by atoms with E-state index >= 15 is 8.42 Å². The molecule has 0 aromatic heterocycles. The molecule has 0 saturated carbocycles. The normalized spacial score (nSPS) is 18.4. The van der Waals surface area contributed by atoms with Crippen LogP contribution in [0.5, 0.6) is 11.5 Å². The van der Waals surface area contributed by atoms with Gasteiger partial charge in [0.05, 0.1) is 42.5 Å². The largest absolute Gasteiger partial charge is 0.494 e. The number of sulfone groups is 1. The zero-order valence-corrected chi connectivity index (χ0v) is 40.2. The molecule has 1 unspecified atom stereocenters. The fraction of sp³-hybridized carbons (Fsp3) is 0.368. The molecule has 1 saturated heterocycles. The van der Waals surface area contributed by atoms with Crippen molar-refractivity contribution in [3.8, 4) is 11.5 Å². The van der Waals surface area contributed by atoms with Gasteiger partial charge in [0.15, 0.2) is 5.44 Å². The maximum Gasteiger partial charge on any atom is 0.209 e. The summed E-state index contributed by atoms with van der Waals surface area (Å²) in [5.41, 5.74) is 4.20. The first-order valence-corrected chi connectivity index (χ1v) is 25.5. The van der Waals surface area contributed by atoms with Gasteiger partial charge in [-0.2, -0.15) is 0 Å². The monoisotopic (exact) mass is 922 g/mol. The first-order chi connectivity index (χ1) is 32.7. The average Bonchev–Trinajstić information content (AvgIpc) is 3.37. The lowest BCUT2D eigenvalue weighted by Crippen LogP contribution is -2.50. The van der Waals surface area contributed by atoms with E-state index in [1.165, 1.54) is 0 Å². The number of hydrogen-bond acceptors (Lipinski definition) is 9. The van der Waals surface area contributed by atoms with Gasteiger partial charge in [-0.3, -0.25) is 0 Å². The van der Waals surface area contributed by atoms with Crippen molar-refractivity contribution in [3.63, 3.8) is 0 Å². The molecule has 0 aliphatic carbocycles. The molecule has 6 aromatic carbocycles. The third kappa shape index (κ3) is 11.1. The maximum atomic E-state index is 15.2. The predicted octanol–water partition coefficient (Wildman–Crippen LogP) is 11.1. The fourth-order valence-corrected chi connectivity index (χ4v) is 11.1. The highest BCUT2D eigenvalue weighted by Gasteiger charge is 2.44. The van der Waals surface area contributed by atoms with Crippen LogP contribution in [0.4, 0.5) is 5.69 Å². The van der Waals surface area contributed by atoms with Gasteiger partial charge in [-0.15, -0.1) is 0 Å². The summed E-state index contributed by atoms with van der Waals surface area (Å²) in [5.74, 6) is 1.09. The van der Waals surface area contributed by atoms with Gasteiger partial charge in [-0.1, -0.05) is 140 Å². The third-order valence-electron chi connectivity index (χ3n) is 13.3. The van der Waals surface area contributed by atoms with Crippen molar-refractivity contribution >= 4 is 15.5 Å². The van der Waals surface area contributed by atoms with Crippen LogP contribution in [-0.4, -0.2) is 73.7 Å². The van der Waals surface area contributed by atoms with E-state index in [0.717, 1.165) is 83.8 Å². The van der Waals surface area contributed by atoms with Crippen LogP contribution in [-0.2, 0) is 29.6 Å². The molecule has 9 nitrogen and oxygen atoms in total. The van der Waals surface area contributed by atoms with E-state index in [1.54, 1.807) is 19.2 Å². The number of benzene rings is 6. The van der Waals surface area contributed by atoms with Gasteiger partial charge < -0.3 is 33.9 Å². The average molecular weight is 923 g/mol. The van der Waals surface area contributed by atoms with E-state index < -0.39 is 27.0 Å². The number of ether oxygens (including phenoxy) is 5. The summed E-state index contributed by atoms with van der Waals surface area (Å²) in [6.07, 6.45) is 3.42. The summed E-state index contributed by atoms with van der Waals surface area (Å²) < 4.78 is 62.9. The first-order valence-electron chi connectivity index (χ1n) is 24.0. The van der Waals surface area contributed by atoms with E-state index in [1.807, 2.05) is 67.6 Å². The fourth-order valence-electron chi connectivity index (χ4n) is 9.58. The van der Waals surface area contributed by atoms with Crippen LogP contribution in [0.25, 0.3) is 0 Å². The molecule has 2 aliphatic heterocycles. The topological polar surface area (TPSA) is 95.6 Å². The van der Waals surface area contributed by atoms with Crippen LogP contribution in [0.15, 0.2) is 163 Å². The van der Waals surface area contributed by atoms with Gasteiger partial charge in [-0.25, -0.2) is 8.42 Å². The second-order valence-electron chi connectivity index (χ2n) is 17.9. The highest BCUT2D eigenvalue weighted by Crippen LogP contribution is 2.45. The Labute approximate surface area is 398 Å². The van der Waals surface area contributed by atoms with E-state index in [2.05, 4.69) is 109 Å². The molecule has 67 heavy (non-hydrogen) atoms.